The van der Waals surface area contributed by atoms with Gasteiger partial charge in [-0.2, -0.15) is 0 Å². The van der Waals surface area contributed by atoms with Crippen molar-refractivity contribution in [3.63, 3.8) is 0 Å². The first-order chi connectivity index (χ1) is 11.2. The number of aryl methyl sites for hydroxylation is 1. The maximum absolute atomic E-state index is 12.7. The third kappa shape index (κ3) is 2.93. The summed E-state index contributed by atoms with van der Waals surface area (Å²) in [5, 5.41) is 3.91. The number of carbonyl (C=O) groups excluding carboxylic acids is 1. The molecule has 0 aliphatic rings. The zero-order valence-electron chi connectivity index (χ0n) is 13.4. The van der Waals surface area contributed by atoms with Crippen molar-refractivity contribution in [1.82, 2.24) is 4.57 Å². The van der Waals surface area contributed by atoms with E-state index in [0.29, 0.717) is 12.3 Å². The summed E-state index contributed by atoms with van der Waals surface area (Å²) in [6.07, 6.45) is 0. The van der Waals surface area contributed by atoms with Crippen LogP contribution in [0, 0.1) is 0 Å². The van der Waals surface area contributed by atoms with Gasteiger partial charge in [-0.25, -0.2) is 0 Å². The lowest BCUT2D eigenvalue weighted by atomic mass is 10.2. The predicted molar refractivity (Wildman–Crippen MR) is 93.2 cm³/mol. The van der Waals surface area contributed by atoms with Gasteiger partial charge in [0.25, 0.3) is 5.91 Å². The Morgan fingerprint density at radius 2 is 1.87 bits per heavy atom. The summed E-state index contributed by atoms with van der Waals surface area (Å²) in [6.45, 7) is 5.31. The molecule has 0 atom stereocenters. The third-order valence-corrected chi connectivity index (χ3v) is 3.79. The molecule has 1 N–H and O–H groups in total. The quantitative estimate of drug-likeness (QED) is 0.763. The lowest BCUT2D eigenvalue weighted by molar-refractivity contribution is 0.101. The summed E-state index contributed by atoms with van der Waals surface area (Å²) in [4.78, 5) is 12.7. The molecule has 1 amide bonds. The minimum atomic E-state index is -0.114. The highest BCUT2D eigenvalue weighted by atomic mass is 16.5. The van der Waals surface area contributed by atoms with E-state index in [1.807, 2.05) is 73.0 Å². The van der Waals surface area contributed by atoms with Crippen LogP contribution >= 0.6 is 0 Å². The number of para-hydroxylation sites is 1. The van der Waals surface area contributed by atoms with Gasteiger partial charge in [-0.3, -0.25) is 4.79 Å². The summed E-state index contributed by atoms with van der Waals surface area (Å²) in [5.74, 6) is 0.697. The Morgan fingerprint density at radius 1 is 1.09 bits per heavy atom. The van der Waals surface area contributed by atoms with E-state index >= 15 is 0 Å². The molecule has 0 bridgehead atoms. The molecule has 0 aliphatic heterocycles. The number of benzene rings is 2. The zero-order chi connectivity index (χ0) is 16.2. The molecule has 0 radical (unpaired) electrons. The van der Waals surface area contributed by atoms with Crippen molar-refractivity contribution in [2.24, 2.45) is 0 Å². The van der Waals surface area contributed by atoms with Gasteiger partial charge in [0, 0.05) is 17.6 Å². The Morgan fingerprint density at radius 3 is 2.57 bits per heavy atom. The zero-order valence-corrected chi connectivity index (χ0v) is 13.4. The van der Waals surface area contributed by atoms with Crippen molar-refractivity contribution in [2.45, 2.75) is 20.4 Å². The first kappa shape index (κ1) is 15.2. The van der Waals surface area contributed by atoms with Gasteiger partial charge < -0.3 is 14.6 Å². The predicted octanol–water partition coefficient (Wildman–Crippen LogP) is 4.31. The van der Waals surface area contributed by atoms with E-state index in [-0.39, 0.29) is 5.91 Å². The number of nitrogens with zero attached hydrogens (tertiary/aromatic N) is 1. The van der Waals surface area contributed by atoms with Crippen molar-refractivity contribution in [3.8, 4) is 5.75 Å². The van der Waals surface area contributed by atoms with Crippen LogP contribution in [0.15, 0.2) is 54.6 Å². The minimum absolute atomic E-state index is 0.114. The van der Waals surface area contributed by atoms with Crippen LogP contribution in [0.4, 0.5) is 5.69 Å². The maximum atomic E-state index is 12.7. The molecular formula is C19H20N2O2. The molecule has 4 nitrogen and oxygen atoms in total. The van der Waals surface area contributed by atoms with Crippen LogP contribution in [-0.2, 0) is 6.54 Å². The molecule has 0 saturated carbocycles. The summed E-state index contributed by atoms with van der Waals surface area (Å²) >= 11 is 0. The van der Waals surface area contributed by atoms with Crippen LogP contribution in [0.2, 0.25) is 0 Å². The molecule has 23 heavy (non-hydrogen) atoms. The topological polar surface area (TPSA) is 43.3 Å². The average Bonchev–Trinajstić information content (AvgIpc) is 2.96. The number of carbonyl (C=O) groups is 1. The average molecular weight is 308 g/mol. The van der Waals surface area contributed by atoms with Crippen LogP contribution < -0.4 is 10.1 Å². The van der Waals surface area contributed by atoms with Gasteiger partial charge >= 0.3 is 0 Å². The Kier molecular flexibility index (Phi) is 4.33. The highest BCUT2D eigenvalue weighted by Crippen LogP contribution is 2.29. The molecule has 3 rings (SSSR count). The number of hydrogen-bond donors (Lipinski definition) is 1. The number of hydrogen-bond acceptors (Lipinski definition) is 2. The molecule has 0 aliphatic carbocycles. The first-order valence-electron chi connectivity index (χ1n) is 7.86. The van der Waals surface area contributed by atoms with Crippen molar-refractivity contribution >= 4 is 22.5 Å². The highest BCUT2D eigenvalue weighted by molar-refractivity contribution is 6.07. The maximum Gasteiger partial charge on any atom is 0.272 e. The normalized spacial score (nSPS) is 10.7. The molecule has 118 valence electrons. The lowest BCUT2D eigenvalue weighted by Crippen LogP contribution is -2.16. The number of ether oxygens (including phenoxy) is 1. The van der Waals surface area contributed by atoms with E-state index in [2.05, 4.69) is 5.32 Å². The van der Waals surface area contributed by atoms with Crippen LogP contribution in [-0.4, -0.2) is 17.1 Å². The standard InChI is InChI=1S/C19H20N2O2/c1-3-21-16-11-8-12-18(23-4-2)15(16)13-17(21)19(22)20-14-9-6-5-7-10-14/h5-13H,3-4H2,1-2H3,(H,20,22). The van der Waals surface area contributed by atoms with Crippen molar-refractivity contribution in [3.05, 3.63) is 60.3 Å². The molecule has 0 fully saturated rings. The van der Waals surface area contributed by atoms with Crippen LogP contribution in [0.25, 0.3) is 10.9 Å². The molecule has 2 aromatic carbocycles. The number of rotatable bonds is 5. The van der Waals surface area contributed by atoms with E-state index in [4.69, 9.17) is 4.74 Å². The van der Waals surface area contributed by atoms with Gasteiger partial charge in [-0.1, -0.05) is 24.3 Å². The van der Waals surface area contributed by atoms with E-state index < -0.39 is 0 Å². The number of fused-ring (bicyclic) bond motifs is 1. The first-order valence-corrected chi connectivity index (χ1v) is 7.86. The van der Waals surface area contributed by atoms with Crippen LogP contribution in [0.5, 0.6) is 5.75 Å². The second-order valence-corrected chi connectivity index (χ2v) is 5.22. The lowest BCUT2D eigenvalue weighted by Gasteiger charge is -2.09. The van der Waals surface area contributed by atoms with Crippen molar-refractivity contribution in [2.75, 3.05) is 11.9 Å². The largest absolute Gasteiger partial charge is 0.493 e. The molecule has 1 aromatic heterocycles. The molecule has 0 spiro atoms. The second-order valence-electron chi connectivity index (χ2n) is 5.22. The van der Waals surface area contributed by atoms with E-state index in [9.17, 15) is 4.79 Å². The molecule has 3 aromatic rings. The van der Waals surface area contributed by atoms with Crippen molar-refractivity contribution in [1.29, 1.82) is 0 Å². The SMILES string of the molecule is CCOc1cccc2c1cc(C(=O)Nc1ccccc1)n2CC. The fraction of sp³-hybridized carbons (Fsp3) is 0.211. The number of aromatic nitrogens is 1. The molecule has 0 saturated heterocycles. The van der Waals surface area contributed by atoms with E-state index in [0.717, 1.165) is 28.9 Å². The van der Waals surface area contributed by atoms with Crippen LogP contribution in [0.3, 0.4) is 0 Å². The molecule has 0 unspecified atom stereocenters. The Labute approximate surface area is 135 Å². The fourth-order valence-corrected chi connectivity index (χ4v) is 2.78. The second kappa shape index (κ2) is 6.57. The third-order valence-electron chi connectivity index (χ3n) is 3.79. The number of nitrogens with one attached hydrogen (secondary N) is 1. The molecule has 1 heterocycles. The van der Waals surface area contributed by atoms with E-state index in [1.54, 1.807) is 0 Å². The summed E-state index contributed by atoms with van der Waals surface area (Å²) in [6, 6.07) is 17.3. The van der Waals surface area contributed by atoms with E-state index in [1.165, 1.54) is 0 Å². The van der Waals surface area contributed by atoms with Gasteiger partial charge in [0.15, 0.2) is 0 Å². The van der Waals surface area contributed by atoms with Gasteiger partial charge in [-0.05, 0) is 44.2 Å². The summed E-state index contributed by atoms with van der Waals surface area (Å²) < 4.78 is 7.69. The van der Waals surface area contributed by atoms with Crippen molar-refractivity contribution < 1.29 is 9.53 Å². The smallest absolute Gasteiger partial charge is 0.272 e. The fourth-order valence-electron chi connectivity index (χ4n) is 2.78. The molecular weight excluding hydrogens is 288 g/mol. The molecule has 4 heteroatoms. The Hall–Kier alpha value is -2.75. The van der Waals surface area contributed by atoms with Gasteiger partial charge in [0.1, 0.15) is 11.4 Å². The van der Waals surface area contributed by atoms with Gasteiger partial charge in [-0.15, -0.1) is 0 Å². The summed E-state index contributed by atoms with van der Waals surface area (Å²) in [7, 11) is 0. The number of amides is 1. The van der Waals surface area contributed by atoms with Crippen LogP contribution in [0.1, 0.15) is 24.3 Å². The number of anilines is 1. The summed E-state index contributed by atoms with van der Waals surface area (Å²) in [5.41, 5.74) is 2.44. The minimum Gasteiger partial charge on any atom is -0.493 e. The Balaban J connectivity index is 2.03. The highest BCUT2D eigenvalue weighted by Gasteiger charge is 2.17. The monoisotopic (exact) mass is 308 g/mol. The van der Waals surface area contributed by atoms with Gasteiger partial charge in [0.05, 0.1) is 12.1 Å². The Bertz CT molecular complexity index is 822. The van der Waals surface area contributed by atoms with Gasteiger partial charge in [0.2, 0.25) is 0 Å².